The smallest absolute Gasteiger partial charge is 0.227 e. The third-order valence-electron chi connectivity index (χ3n) is 3.19. The van der Waals surface area contributed by atoms with E-state index < -0.39 is 17.0 Å². The molecule has 1 aromatic carbocycles. The van der Waals surface area contributed by atoms with Crippen molar-refractivity contribution >= 4 is 35.0 Å². The lowest BCUT2D eigenvalue weighted by Gasteiger charge is -2.28. The Labute approximate surface area is 147 Å². The molecular formula is C17H24Cl2N2O2. The minimum absolute atomic E-state index is 0.178. The molecule has 0 aliphatic carbocycles. The van der Waals surface area contributed by atoms with Crippen LogP contribution in [0.4, 0.5) is 0 Å². The fourth-order valence-electron chi connectivity index (χ4n) is 1.59. The van der Waals surface area contributed by atoms with Crippen LogP contribution in [0.25, 0.3) is 0 Å². The molecule has 0 unspecified atom stereocenters. The largest absolute Gasteiger partial charge is 0.332 e. The first kappa shape index (κ1) is 19.8. The van der Waals surface area contributed by atoms with Gasteiger partial charge in [0.05, 0.1) is 10.0 Å². The van der Waals surface area contributed by atoms with Crippen LogP contribution in [0.2, 0.25) is 10.0 Å². The minimum Gasteiger partial charge on any atom is -0.332 e. The zero-order valence-corrected chi connectivity index (χ0v) is 15.9. The van der Waals surface area contributed by atoms with Crippen LogP contribution in [-0.4, -0.2) is 11.8 Å². The summed E-state index contributed by atoms with van der Waals surface area (Å²) in [5.41, 5.74) is -0.503. The van der Waals surface area contributed by atoms with Gasteiger partial charge in [-0.25, -0.2) is 0 Å². The number of halogens is 2. The maximum Gasteiger partial charge on any atom is 0.227 e. The second kappa shape index (κ2) is 7.10. The van der Waals surface area contributed by atoms with Gasteiger partial charge in [0.2, 0.25) is 11.8 Å². The number of hydrogen-bond donors (Lipinski definition) is 2. The molecule has 0 heterocycles. The number of benzene rings is 1. The minimum atomic E-state index is -0.678. The molecule has 0 aromatic heterocycles. The molecule has 0 fully saturated rings. The summed E-state index contributed by atoms with van der Waals surface area (Å²) in [6.45, 7) is 10.8. The van der Waals surface area contributed by atoms with Crippen molar-refractivity contribution in [3.63, 3.8) is 0 Å². The quantitative estimate of drug-likeness (QED) is 0.790. The number of hydrogen-bond acceptors (Lipinski definition) is 2. The van der Waals surface area contributed by atoms with Gasteiger partial charge < -0.3 is 10.6 Å². The Bertz CT molecular complexity index is 574. The predicted molar refractivity (Wildman–Crippen MR) is 94.4 cm³/mol. The van der Waals surface area contributed by atoms with E-state index in [4.69, 9.17) is 23.2 Å². The summed E-state index contributed by atoms with van der Waals surface area (Å²) in [5.74, 6) is -0.356. The van der Waals surface area contributed by atoms with E-state index in [0.717, 1.165) is 0 Å². The average Bonchev–Trinajstić information content (AvgIpc) is 2.38. The Hall–Kier alpha value is -1.26. The van der Waals surface area contributed by atoms with E-state index in [1.54, 1.807) is 59.7 Å². The molecule has 0 aliphatic heterocycles. The van der Waals surface area contributed by atoms with Gasteiger partial charge in [-0.1, -0.05) is 70.8 Å². The molecule has 0 bridgehead atoms. The average molecular weight is 359 g/mol. The topological polar surface area (TPSA) is 58.2 Å². The van der Waals surface area contributed by atoms with Gasteiger partial charge >= 0.3 is 0 Å². The van der Waals surface area contributed by atoms with Gasteiger partial charge in [0, 0.05) is 10.8 Å². The van der Waals surface area contributed by atoms with Crippen LogP contribution in [0.3, 0.4) is 0 Å². The van der Waals surface area contributed by atoms with Crippen molar-refractivity contribution in [1.82, 2.24) is 10.6 Å². The van der Waals surface area contributed by atoms with Crippen molar-refractivity contribution in [2.45, 2.75) is 47.7 Å². The molecule has 0 saturated heterocycles. The molecule has 0 atom stereocenters. The predicted octanol–water partition coefficient (Wildman–Crippen LogP) is 4.32. The third kappa shape index (κ3) is 5.70. The van der Waals surface area contributed by atoms with Crippen molar-refractivity contribution in [3.8, 4) is 0 Å². The summed E-state index contributed by atoms with van der Waals surface area (Å²) in [6.07, 6.45) is -0.678. The second-order valence-electron chi connectivity index (χ2n) is 7.55. The van der Waals surface area contributed by atoms with E-state index in [1.165, 1.54) is 0 Å². The van der Waals surface area contributed by atoms with Crippen molar-refractivity contribution in [1.29, 1.82) is 0 Å². The van der Waals surface area contributed by atoms with Gasteiger partial charge in [0.25, 0.3) is 0 Å². The fourth-order valence-corrected chi connectivity index (χ4v) is 1.90. The fraction of sp³-hybridized carbons (Fsp3) is 0.529. The highest BCUT2D eigenvalue weighted by molar-refractivity contribution is 6.42. The molecule has 2 amide bonds. The van der Waals surface area contributed by atoms with Crippen molar-refractivity contribution < 1.29 is 9.59 Å². The lowest BCUT2D eigenvalue weighted by Crippen LogP contribution is -2.47. The summed E-state index contributed by atoms with van der Waals surface area (Å²) in [6, 6.07) is 5.00. The third-order valence-corrected chi connectivity index (χ3v) is 3.93. The first-order valence-electron chi connectivity index (χ1n) is 7.39. The standard InChI is InChI=1S/C17H24Cl2N2O2/c1-16(2,3)14(22)20-13(21-15(23)17(4,5)6)10-7-8-11(18)12(19)9-10/h7-9,13H,1-6H3,(H,20,22)(H,21,23). The van der Waals surface area contributed by atoms with Gasteiger partial charge in [-0.3, -0.25) is 9.59 Å². The van der Waals surface area contributed by atoms with Crippen LogP contribution in [0.5, 0.6) is 0 Å². The molecule has 0 saturated carbocycles. The molecule has 0 aliphatic rings. The zero-order valence-electron chi connectivity index (χ0n) is 14.4. The van der Waals surface area contributed by atoms with E-state index in [9.17, 15) is 9.59 Å². The van der Waals surface area contributed by atoms with Crippen molar-refractivity contribution in [2.75, 3.05) is 0 Å². The molecule has 128 valence electrons. The highest BCUT2D eigenvalue weighted by Crippen LogP contribution is 2.26. The maximum absolute atomic E-state index is 12.3. The summed E-state index contributed by atoms with van der Waals surface area (Å²) in [4.78, 5) is 24.6. The summed E-state index contributed by atoms with van der Waals surface area (Å²) < 4.78 is 0. The number of amides is 2. The van der Waals surface area contributed by atoms with E-state index in [0.29, 0.717) is 15.6 Å². The summed E-state index contributed by atoms with van der Waals surface area (Å²) in [5, 5.41) is 6.48. The van der Waals surface area contributed by atoms with E-state index in [1.807, 2.05) is 0 Å². The Morgan fingerprint density at radius 1 is 0.870 bits per heavy atom. The second-order valence-corrected chi connectivity index (χ2v) is 8.37. The number of rotatable bonds is 3. The summed E-state index contributed by atoms with van der Waals surface area (Å²) >= 11 is 12.0. The van der Waals surface area contributed by atoms with Crippen LogP contribution >= 0.6 is 23.2 Å². The number of nitrogens with one attached hydrogen (secondary N) is 2. The molecule has 1 rings (SSSR count). The number of carbonyl (C=O) groups is 2. The molecule has 23 heavy (non-hydrogen) atoms. The molecule has 1 aromatic rings. The Morgan fingerprint density at radius 3 is 1.65 bits per heavy atom. The normalized spacial score (nSPS) is 12.2. The van der Waals surface area contributed by atoms with Crippen molar-refractivity contribution in [3.05, 3.63) is 33.8 Å². The van der Waals surface area contributed by atoms with E-state index >= 15 is 0 Å². The Morgan fingerprint density at radius 2 is 1.30 bits per heavy atom. The molecular weight excluding hydrogens is 335 g/mol. The van der Waals surface area contributed by atoms with Gasteiger partial charge in [0.1, 0.15) is 6.17 Å². The first-order valence-corrected chi connectivity index (χ1v) is 8.15. The van der Waals surface area contributed by atoms with Crippen LogP contribution in [-0.2, 0) is 9.59 Å². The van der Waals surface area contributed by atoms with E-state index in [2.05, 4.69) is 10.6 Å². The lowest BCUT2D eigenvalue weighted by molar-refractivity contribution is -0.132. The number of carbonyl (C=O) groups excluding carboxylic acids is 2. The van der Waals surface area contributed by atoms with Crippen LogP contribution < -0.4 is 10.6 Å². The van der Waals surface area contributed by atoms with Gasteiger partial charge in [0.15, 0.2) is 0 Å². The zero-order chi connectivity index (χ0) is 18.0. The Kier molecular flexibility index (Phi) is 6.11. The van der Waals surface area contributed by atoms with E-state index in [-0.39, 0.29) is 11.8 Å². The van der Waals surface area contributed by atoms with Crippen LogP contribution in [0, 0.1) is 10.8 Å². The van der Waals surface area contributed by atoms with Crippen LogP contribution in [0.15, 0.2) is 18.2 Å². The van der Waals surface area contributed by atoms with Crippen LogP contribution in [0.1, 0.15) is 53.3 Å². The lowest BCUT2D eigenvalue weighted by atomic mass is 9.94. The molecule has 4 nitrogen and oxygen atoms in total. The van der Waals surface area contributed by atoms with Gasteiger partial charge in [-0.05, 0) is 17.7 Å². The molecule has 0 spiro atoms. The molecule has 2 N–H and O–H groups in total. The Balaban J connectivity index is 3.12. The molecule has 6 heteroatoms. The van der Waals surface area contributed by atoms with Gasteiger partial charge in [-0.15, -0.1) is 0 Å². The monoisotopic (exact) mass is 358 g/mol. The molecule has 0 radical (unpaired) electrons. The van der Waals surface area contributed by atoms with Gasteiger partial charge in [-0.2, -0.15) is 0 Å². The van der Waals surface area contributed by atoms with Crippen molar-refractivity contribution in [2.24, 2.45) is 10.8 Å². The highest BCUT2D eigenvalue weighted by atomic mass is 35.5. The maximum atomic E-state index is 12.3. The first-order chi connectivity index (χ1) is 10.3. The highest BCUT2D eigenvalue weighted by Gasteiger charge is 2.29. The SMILES string of the molecule is CC(C)(C)C(=O)NC(NC(=O)C(C)(C)C)c1ccc(Cl)c(Cl)c1. The summed E-state index contributed by atoms with van der Waals surface area (Å²) in [7, 11) is 0.